The smallest absolute Gasteiger partial charge is 0.314 e. The molecule has 0 heterocycles. The van der Waals surface area contributed by atoms with Gasteiger partial charge in [-0.2, -0.15) is 0 Å². The fourth-order valence-electron chi connectivity index (χ4n) is 1.16. The van der Waals surface area contributed by atoms with Gasteiger partial charge in [0.2, 0.25) is 10.0 Å². The minimum atomic E-state index is -3.66. The minimum Gasteiger partial charge on any atom is -0.496 e. The van der Waals surface area contributed by atoms with Gasteiger partial charge in [0, 0.05) is 0 Å². The zero-order chi connectivity index (χ0) is 13.8. The largest absolute Gasteiger partial charge is 0.496 e. The summed E-state index contributed by atoms with van der Waals surface area (Å²) in [7, 11) is -2.28. The first-order valence-electron chi connectivity index (χ1n) is 4.79. The number of ether oxygens (including phenoxy) is 2. The molecule has 0 atom stereocenters. The van der Waals surface area contributed by atoms with Crippen LogP contribution in [0.15, 0.2) is 18.2 Å². The van der Waals surface area contributed by atoms with Crippen molar-refractivity contribution >= 4 is 15.7 Å². The molecule has 0 aromatic heterocycles. The maximum absolute atomic E-state index is 10.8. The van der Waals surface area contributed by atoms with Gasteiger partial charge in [-0.3, -0.25) is 10.1 Å². The molecule has 1 aromatic carbocycles. The van der Waals surface area contributed by atoms with E-state index in [4.69, 9.17) is 14.6 Å². The zero-order valence-electron chi connectivity index (χ0n) is 9.53. The van der Waals surface area contributed by atoms with E-state index in [2.05, 4.69) is 0 Å². The van der Waals surface area contributed by atoms with Gasteiger partial charge in [0.25, 0.3) is 0 Å². The third kappa shape index (κ3) is 4.18. The SMILES string of the molecule is COc1ccc(OCCS(N)(=O)=O)c([N+](=O)[O-])c1. The lowest BCUT2D eigenvalue weighted by Gasteiger charge is -2.07. The number of hydrogen-bond donors (Lipinski definition) is 1. The third-order valence-corrected chi connectivity index (χ3v) is 2.72. The Bertz CT molecular complexity index is 542. The third-order valence-electron chi connectivity index (χ3n) is 1.99. The second kappa shape index (κ2) is 5.65. The molecule has 8 nitrogen and oxygen atoms in total. The summed E-state index contributed by atoms with van der Waals surface area (Å²) in [5.74, 6) is -0.152. The molecule has 0 spiro atoms. The average Bonchev–Trinajstić information content (AvgIpc) is 2.27. The highest BCUT2D eigenvalue weighted by molar-refractivity contribution is 7.89. The Morgan fingerprint density at radius 1 is 1.44 bits per heavy atom. The molecular formula is C9H12N2O6S. The fraction of sp³-hybridized carbons (Fsp3) is 0.333. The summed E-state index contributed by atoms with van der Waals surface area (Å²) in [6.45, 7) is -0.258. The topological polar surface area (TPSA) is 122 Å². The van der Waals surface area contributed by atoms with Crippen molar-refractivity contribution in [3.05, 3.63) is 28.3 Å². The summed E-state index contributed by atoms with van der Waals surface area (Å²) in [6.07, 6.45) is 0. The van der Waals surface area contributed by atoms with E-state index >= 15 is 0 Å². The Kier molecular flexibility index (Phi) is 4.45. The normalized spacial score (nSPS) is 11.0. The molecular weight excluding hydrogens is 264 g/mol. The van der Waals surface area contributed by atoms with Crippen LogP contribution in [0.4, 0.5) is 5.69 Å². The first-order chi connectivity index (χ1) is 8.33. The van der Waals surface area contributed by atoms with E-state index in [1.54, 1.807) is 0 Å². The van der Waals surface area contributed by atoms with Gasteiger partial charge < -0.3 is 9.47 Å². The lowest BCUT2D eigenvalue weighted by molar-refractivity contribution is -0.385. The molecule has 18 heavy (non-hydrogen) atoms. The minimum absolute atomic E-state index is 0.0375. The molecule has 9 heteroatoms. The fourth-order valence-corrected chi connectivity index (χ4v) is 1.47. The predicted octanol–water partition coefficient (Wildman–Crippen LogP) is 0.271. The molecule has 0 aliphatic rings. The first-order valence-corrected chi connectivity index (χ1v) is 6.51. The Morgan fingerprint density at radius 2 is 2.11 bits per heavy atom. The van der Waals surface area contributed by atoms with E-state index in [1.165, 1.54) is 25.3 Å². The molecule has 0 unspecified atom stereocenters. The van der Waals surface area contributed by atoms with Crippen molar-refractivity contribution in [3.8, 4) is 11.5 Å². The number of nitro benzene ring substituents is 1. The van der Waals surface area contributed by atoms with Crippen molar-refractivity contribution in [2.24, 2.45) is 5.14 Å². The van der Waals surface area contributed by atoms with Crippen LogP contribution in [0.25, 0.3) is 0 Å². The second-order valence-corrected chi connectivity index (χ2v) is 5.04. The van der Waals surface area contributed by atoms with Gasteiger partial charge in [-0.25, -0.2) is 13.6 Å². The number of hydrogen-bond acceptors (Lipinski definition) is 6. The van der Waals surface area contributed by atoms with Crippen LogP contribution in [0.2, 0.25) is 0 Å². The van der Waals surface area contributed by atoms with E-state index in [0.29, 0.717) is 5.75 Å². The molecule has 0 fully saturated rings. The van der Waals surface area contributed by atoms with Crippen molar-refractivity contribution in [1.29, 1.82) is 0 Å². The van der Waals surface area contributed by atoms with Gasteiger partial charge in [-0.1, -0.05) is 0 Å². The average molecular weight is 276 g/mol. The Balaban J connectivity index is 2.85. The number of sulfonamides is 1. The highest BCUT2D eigenvalue weighted by Crippen LogP contribution is 2.30. The van der Waals surface area contributed by atoms with Gasteiger partial charge in [-0.15, -0.1) is 0 Å². The second-order valence-electron chi connectivity index (χ2n) is 3.31. The zero-order valence-corrected chi connectivity index (χ0v) is 10.3. The molecule has 0 amide bonds. The van der Waals surface area contributed by atoms with Crippen molar-refractivity contribution in [3.63, 3.8) is 0 Å². The van der Waals surface area contributed by atoms with Gasteiger partial charge in [0.05, 0.1) is 23.9 Å². The monoisotopic (exact) mass is 276 g/mol. The molecule has 0 aliphatic carbocycles. The van der Waals surface area contributed by atoms with E-state index in [1.807, 2.05) is 0 Å². The molecule has 2 N–H and O–H groups in total. The predicted molar refractivity (Wildman–Crippen MR) is 63.1 cm³/mol. The maximum Gasteiger partial charge on any atom is 0.314 e. The summed E-state index contributed by atoms with van der Waals surface area (Å²) in [5, 5.41) is 15.6. The summed E-state index contributed by atoms with van der Waals surface area (Å²) in [4.78, 5) is 10.1. The Morgan fingerprint density at radius 3 is 2.61 bits per heavy atom. The highest BCUT2D eigenvalue weighted by Gasteiger charge is 2.17. The number of nitrogens with zero attached hydrogens (tertiary/aromatic N) is 1. The van der Waals surface area contributed by atoms with E-state index < -0.39 is 20.7 Å². The molecule has 1 aromatic rings. The van der Waals surface area contributed by atoms with E-state index in [0.717, 1.165) is 0 Å². The van der Waals surface area contributed by atoms with Crippen LogP contribution in [0.5, 0.6) is 11.5 Å². The van der Waals surface area contributed by atoms with E-state index in [9.17, 15) is 18.5 Å². The van der Waals surface area contributed by atoms with Crippen LogP contribution in [-0.4, -0.2) is 32.8 Å². The Labute approximate surface area is 104 Å². The van der Waals surface area contributed by atoms with E-state index in [-0.39, 0.29) is 18.0 Å². The number of nitro groups is 1. The quantitative estimate of drug-likeness (QED) is 0.587. The van der Waals surface area contributed by atoms with Gasteiger partial charge in [0.15, 0.2) is 5.75 Å². The molecule has 0 radical (unpaired) electrons. The van der Waals surface area contributed by atoms with Crippen molar-refractivity contribution < 1.29 is 22.8 Å². The lowest BCUT2D eigenvalue weighted by atomic mass is 10.3. The summed E-state index contributed by atoms with van der Waals surface area (Å²) in [6, 6.07) is 3.99. The number of primary sulfonamides is 1. The van der Waals surface area contributed by atoms with Gasteiger partial charge >= 0.3 is 5.69 Å². The van der Waals surface area contributed by atoms with Crippen LogP contribution in [-0.2, 0) is 10.0 Å². The summed E-state index contributed by atoms with van der Waals surface area (Å²) < 4.78 is 31.2. The van der Waals surface area contributed by atoms with Crippen LogP contribution < -0.4 is 14.6 Å². The summed E-state index contributed by atoms with van der Waals surface area (Å²) >= 11 is 0. The Hall–Kier alpha value is -1.87. The van der Waals surface area contributed by atoms with Crippen LogP contribution in [0.1, 0.15) is 0 Å². The lowest BCUT2D eigenvalue weighted by Crippen LogP contribution is -2.21. The van der Waals surface area contributed by atoms with Crippen LogP contribution >= 0.6 is 0 Å². The van der Waals surface area contributed by atoms with Gasteiger partial charge in [0.1, 0.15) is 12.4 Å². The highest BCUT2D eigenvalue weighted by atomic mass is 32.2. The van der Waals surface area contributed by atoms with Crippen LogP contribution in [0, 0.1) is 10.1 Å². The molecule has 0 saturated carbocycles. The molecule has 0 bridgehead atoms. The van der Waals surface area contributed by atoms with Crippen LogP contribution in [0.3, 0.4) is 0 Å². The molecule has 0 aliphatic heterocycles. The van der Waals surface area contributed by atoms with Crippen molar-refractivity contribution in [2.45, 2.75) is 0 Å². The summed E-state index contributed by atoms with van der Waals surface area (Å²) in [5.41, 5.74) is -0.302. The van der Waals surface area contributed by atoms with Crippen molar-refractivity contribution in [2.75, 3.05) is 19.5 Å². The molecule has 100 valence electrons. The molecule has 0 saturated heterocycles. The molecule has 1 rings (SSSR count). The number of methoxy groups -OCH3 is 1. The number of rotatable bonds is 6. The maximum atomic E-state index is 10.8. The van der Waals surface area contributed by atoms with Gasteiger partial charge in [-0.05, 0) is 12.1 Å². The number of benzene rings is 1. The number of nitrogens with two attached hydrogens (primary N) is 1. The first kappa shape index (κ1) is 14.2. The standard InChI is InChI=1S/C9H12N2O6S/c1-16-7-2-3-9(8(6-7)11(12)13)17-4-5-18(10,14)15/h2-3,6H,4-5H2,1H3,(H2,10,14,15). The van der Waals surface area contributed by atoms with Crippen molar-refractivity contribution in [1.82, 2.24) is 0 Å².